The maximum Gasteiger partial charge on any atom is 0.327 e. The van der Waals surface area contributed by atoms with E-state index in [-0.39, 0.29) is 10.7 Å². The van der Waals surface area contributed by atoms with Crippen LogP contribution in [0.1, 0.15) is 10.4 Å². The fourth-order valence-corrected chi connectivity index (χ4v) is 3.24. The van der Waals surface area contributed by atoms with E-state index in [2.05, 4.69) is 20.9 Å². The van der Waals surface area contributed by atoms with Gasteiger partial charge >= 0.3 is 5.97 Å². The Bertz CT molecular complexity index is 514. The number of aliphatic carboxylic acids is 1. The number of hydrogen-bond donors (Lipinski definition) is 1. The van der Waals surface area contributed by atoms with Gasteiger partial charge in [-0.1, -0.05) is 11.6 Å². The van der Waals surface area contributed by atoms with E-state index >= 15 is 0 Å². The maximum absolute atomic E-state index is 12.2. The molecule has 0 bridgehead atoms. The van der Waals surface area contributed by atoms with Gasteiger partial charge in [0.15, 0.2) is 0 Å². The lowest BCUT2D eigenvalue weighted by Crippen LogP contribution is -2.41. The van der Waals surface area contributed by atoms with Gasteiger partial charge in [-0.25, -0.2) is 9.78 Å². The van der Waals surface area contributed by atoms with Crippen molar-refractivity contribution < 1.29 is 14.7 Å². The van der Waals surface area contributed by atoms with E-state index in [1.807, 2.05) is 0 Å². The molecule has 0 aliphatic carbocycles. The van der Waals surface area contributed by atoms with Crippen LogP contribution in [-0.2, 0) is 4.79 Å². The van der Waals surface area contributed by atoms with E-state index in [4.69, 9.17) is 16.7 Å². The number of carboxylic acids is 1. The van der Waals surface area contributed by atoms with Crippen LogP contribution >= 0.6 is 39.3 Å². The molecule has 1 aromatic heterocycles. The summed E-state index contributed by atoms with van der Waals surface area (Å²) in [6, 6.07) is 0.733. The highest BCUT2D eigenvalue weighted by molar-refractivity contribution is 9.10. The van der Waals surface area contributed by atoms with E-state index in [1.165, 1.54) is 22.9 Å². The number of hydrogen-bond acceptors (Lipinski definition) is 4. The van der Waals surface area contributed by atoms with Gasteiger partial charge in [-0.3, -0.25) is 4.79 Å². The van der Waals surface area contributed by atoms with Crippen LogP contribution < -0.4 is 0 Å². The van der Waals surface area contributed by atoms with Crippen LogP contribution in [0.25, 0.3) is 0 Å². The van der Waals surface area contributed by atoms with E-state index in [0.717, 1.165) is 0 Å². The Labute approximate surface area is 121 Å². The summed E-state index contributed by atoms with van der Waals surface area (Å²) < 4.78 is 0.619. The Morgan fingerprint density at radius 3 is 3.00 bits per heavy atom. The Morgan fingerprint density at radius 2 is 2.33 bits per heavy atom. The quantitative estimate of drug-likeness (QED) is 0.826. The number of amides is 1. The molecule has 1 atom stereocenters. The maximum atomic E-state index is 12.2. The highest BCUT2D eigenvalue weighted by Crippen LogP contribution is 2.26. The smallest absolute Gasteiger partial charge is 0.327 e. The molecule has 5 nitrogen and oxygen atoms in total. The second-order valence-electron chi connectivity index (χ2n) is 3.62. The minimum atomic E-state index is -1.01. The van der Waals surface area contributed by atoms with Gasteiger partial charge < -0.3 is 10.0 Å². The number of thioether (sulfide) groups is 1. The van der Waals surface area contributed by atoms with E-state index in [0.29, 0.717) is 16.1 Å². The number of carbonyl (C=O) groups is 2. The van der Waals surface area contributed by atoms with Crippen LogP contribution in [0.3, 0.4) is 0 Å². The van der Waals surface area contributed by atoms with Gasteiger partial charge in [0.2, 0.25) is 0 Å². The summed E-state index contributed by atoms with van der Waals surface area (Å²) in [5, 5.41) is 9.11. The lowest BCUT2D eigenvalue weighted by molar-refractivity contribution is -0.140. The van der Waals surface area contributed by atoms with E-state index < -0.39 is 17.9 Å². The van der Waals surface area contributed by atoms with Crippen molar-refractivity contribution in [1.29, 1.82) is 0 Å². The van der Waals surface area contributed by atoms with Crippen LogP contribution in [0.4, 0.5) is 0 Å². The van der Waals surface area contributed by atoms with Crippen LogP contribution in [-0.4, -0.2) is 44.5 Å². The average Bonchev–Trinajstić information content (AvgIpc) is 2.80. The van der Waals surface area contributed by atoms with Gasteiger partial charge in [0.05, 0.1) is 11.4 Å². The third-order valence-electron chi connectivity index (χ3n) is 2.46. The Balaban J connectivity index is 2.31. The number of carboxylic acid groups (broad SMARTS) is 1. The first kappa shape index (κ1) is 13.6. The van der Waals surface area contributed by atoms with Crippen molar-refractivity contribution in [3.8, 4) is 0 Å². The van der Waals surface area contributed by atoms with Gasteiger partial charge in [0.25, 0.3) is 5.91 Å². The topological polar surface area (TPSA) is 70.5 Å². The first-order valence-corrected chi connectivity index (χ1v) is 7.26. The Kier molecular flexibility index (Phi) is 4.14. The molecule has 18 heavy (non-hydrogen) atoms. The predicted octanol–water partition coefficient (Wildman–Crippen LogP) is 2.10. The molecule has 0 unspecified atom stereocenters. The van der Waals surface area contributed by atoms with Gasteiger partial charge in [-0.2, -0.15) is 0 Å². The van der Waals surface area contributed by atoms with Crippen LogP contribution in [0.5, 0.6) is 0 Å². The zero-order valence-electron chi connectivity index (χ0n) is 8.97. The fraction of sp³-hybridized carbons (Fsp3) is 0.300. The fourth-order valence-electron chi connectivity index (χ4n) is 1.57. The van der Waals surface area contributed by atoms with Gasteiger partial charge in [0.1, 0.15) is 11.2 Å². The third kappa shape index (κ3) is 2.62. The molecule has 1 N–H and O–H groups in total. The van der Waals surface area contributed by atoms with Crippen molar-refractivity contribution in [2.24, 2.45) is 0 Å². The Hall–Kier alpha value is -0.790. The van der Waals surface area contributed by atoms with E-state index in [1.54, 1.807) is 6.07 Å². The number of rotatable bonds is 2. The van der Waals surface area contributed by atoms with Crippen molar-refractivity contribution in [1.82, 2.24) is 9.88 Å². The highest BCUT2D eigenvalue weighted by Gasteiger charge is 2.35. The van der Waals surface area contributed by atoms with Crippen molar-refractivity contribution >= 4 is 51.2 Å². The lowest BCUT2D eigenvalue weighted by atomic mass is 10.2. The lowest BCUT2D eigenvalue weighted by Gasteiger charge is -2.20. The molecule has 1 fully saturated rings. The van der Waals surface area contributed by atoms with Crippen molar-refractivity contribution in [3.63, 3.8) is 0 Å². The van der Waals surface area contributed by atoms with Crippen LogP contribution in [0.2, 0.25) is 5.15 Å². The monoisotopic (exact) mass is 350 g/mol. The first-order chi connectivity index (χ1) is 8.50. The molecule has 1 aromatic rings. The molecule has 8 heteroatoms. The second-order valence-corrected chi connectivity index (χ2v) is 5.89. The first-order valence-electron chi connectivity index (χ1n) is 4.93. The number of aromatic nitrogens is 1. The summed E-state index contributed by atoms with van der Waals surface area (Å²) in [7, 11) is 0. The zero-order valence-corrected chi connectivity index (χ0v) is 12.1. The van der Waals surface area contributed by atoms with E-state index in [9.17, 15) is 9.59 Å². The van der Waals surface area contributed by atoms with Gasteiger partial charge in [-0.05, 0) is 22.0 Å². The van der Waals surface area contributed by atoms with Gasteiger partial charge in [-0.15, -0.1) is 11.8 Å². The standard InChI is InChI=1S/C10H8BrClN2O3S/c11-5-1-6(8(12)13-2-5)9(15)14-4-18-3-7(14)10(16)17/h1-2,7H,3-4H2,(H,16,17)/t7-/m0/s1. The molecule has 1 saturated heterocycles. The molecule has 1 amide bonds. The second kappa shape index (κ2) is 5.46. The van der Waals surface area contributed by atoms with Crippen molar-refractivity contribution in [2.45, 2.75) is 6.04 Å². The number of pyridine rings is 1. The highest BCUT2D eigenvalue weighted by atomic mass is 79.9. The molecule has 0 spiro atoms. The molecule has 0 aromatic carbocycles. The summed E-state index contributed by atoms with van der Waals surface area (Å²) in [6.07, 6.45) is 1.48. The van der Waals surface area contributed by atoms with Gasteiger partial charge in [0, 0.05) is 16.4 Å². The SMILES string of the molecule is O=C(O)[C@@H]1CSCN1C(=O)c1cc(Br)cnc1Cl. The van der Waals surface area contributed by atoms with Crippen LogP contribution in [0, 0.1) is 0 Å². The summed E-state index contributed by atoms with van der Waals surface area (Å²) in [4.78, 5) is 28.4. The summed E-state index contributed by atoms with van der Waals surface area (Å²) in [6.45, 7) is 0. The minimum Gasteiger partial charge on any atom is -0.480 e. The van der Waals surface area contributed by atoms with Crippen molar-refractivity contribution in [3.05, 3.63) is 27.5 Å². The summed E-state index contributed by atoms with van der Waals surface area (Å²) >= 11 is 10.5. The Morgan fingerprint density at radius 1 is 1.61 bits per heavy atom. The number of halogens is 2. The summed E-state index contributed by atoms with van der Waals surface area (Å²) in [5.41, 5.74) is 0.208. The number of carbonyl (C=O) groups excluding carboxylic acids is 1. The molecule has 2 rings (SSSR count). The van der Waals surface area contributed by atoms with Crippen LogP contribution in [0.15, 0.2) is 16.7 Å². The average molecular weight is 352 g/mol. The summed E-state index contributed by atoms with van der Waals surface area (Å²) in [5.74, 6) is -0.683. The molecular formula is C10H8BrClN2O3S. The third-order valence-corrected chi connectivity index (χ3v) is 4.21. The minimum absolute atomic E-state index is 0.0734. The molecule has 0 radical (unpaired) electrons. The zero-order chi connectivity index (χ0) is 13.3. The molecule has 0 saturated carbocycles. The molecule has 1 aliphatic heterocycles. The molecule has 96 valence electrons. The molecule has 1 aliphatic rings. The number of nitrogens with zero attached hydrogens (tertiary/aromatic N) is 2. The molecular weight excluding hydrogens is 344 g/mol. The normalized spacial score (nSPS) is 19.0. The van der Waals surface area contributed by atoms with Crippen molar-refractivity contribution in [2.75, 3.05) is 11.6 Å². The largest absolute Gasteiger partial charge is 0.480 e. The predicted molar refractivity (Wildman–Crippen MR) is 71.9 cm³/mol. The molecule has 2 heterocycles.